The summed E-state index contributed by atoms with van der Waals surface area (Å²) in [5.74, 6) is 0.882. The maximum Gasteiger partial charge on any atom is 0.166 e. The van der Waals surface area contributed by atoms with Gasteiger partial charge >= 0.3 is 0 Å². The molecule has 0 aromatic heterocycles. The van der Waals surface area contributed by atoms with Gasteiger partial charge in [0, 0.05) is 6.42 Å². The Labute approximate surface area is 67.9 Å². The van der Waals surface area contributed by atoms with E-state index in [0.717, 1.165) is 6.42 Å². The second-order valence-electron chi connectivity index (χ2n) is 3.88. The van der Waals surface area contributed by atoms with Crippen molar-refractivity contribution in [2.24, 2.45) is 5.92 Å². The second-order valence-corrected chi connectivity index (χ2v) is 3.88. The molecule has 0 amide bonds. The van der Waals surface area contributed by atoms with Crippen LogP contribution in [0.2, 0.25) is 0 Å². The fraction of sp³-hybridized carbons (Fsp3) is 0.889. The van der Waals surface area contributed by atoms with Crippen LogP contribution in [0.5, 0.6) is 0 Å². The predicted molar refractivity (Wildman–Crippen MR) is 43.4 cm³/mol. The van der Waals surface area contributed by atoms with Crippen molar-refractivity contribution < 1.29 is 9.53 Å². The van der Waals surface area contributed by atoms with Crippen molar-refractivity contribution in [3.05, 3.63) is 0 Å². The van der Waals surface area contributed by atoms with Crippen molar-refractivity contribution in [3.8, 4) is 0 Å². The maximum atomic E-state index is 11.3. The fourth-order valence-corrected chi connectivity index (χ4v) is 0.953. The number of hydrogen-bond acceptors (Lipinski definition) is 2. The van der Waals surface area contributed by atoms with Crippen LogP contribution in [-0.2, 0) is 9.53 Å². The SMILES string of the molecule is CC(C)CCC(=O)[C@]1(C)CO1. The predicted octanol–water partition coefficient (Wildman–Crippen LogP) is 1.78. The monoisotopic (exact) mass is 156 g/mol. The van der Waals surface area contributed by atoms with E-state index >= 15 is 0 Å². The number of ether oxygens (including phenoxy) is 1. The summed E-state index contributed by atoms with van der Waals surface area (Å²) in [6.07, 6.45) is 1.66. The normalized spacial score (nSPS) is 29.1. The molecule has 11 heavy (non-hydrogen) atoms. The average Bonchev–Trinajstić information content (AvgIpc) is 2.64. The van der Waals surface area contributed by atoms with E-state index in [1.54, 1.807) is 0 Å². The molecule has 64 valence electrons. The first kappa shape index (κ1) is 8.72. The first-order chi connectivity index (χ1) is 5.04. The second kappa shape index (κ2) is 2.94. The topological polar surface area (TPSA) is 29.6 Å². The van der Waals surface area contributed by atoms with Gasteiger partial charge in [-0.05, 0) is 19.3 Å². The first-order valence-electron chi connectivity index (χ1n) is 4.22. The van der Waals surface area contributed by atoms with Gasteiger partial charge in [-0.2, -0.15) is 0 Å². The Balaban J connectivity index is 2.22. The Morgan fingerprint density at radius 1 is 1.64 bits per heavy atom. The smallest absolute Gasteiger partial charge is 0.166 e. The summed E-state index contributed by atoms with van der Waals surface area (Å²) in [6, 6.07) is 0. The van der Waals surface area contributed by atoms with E-state index in [9.17, 15) is 4.79 Å². The molecule has 0 bridgehead atoms. The minimum atomic E-state index is -0.394. The quantitative estimate of drug-likeness (QED) is 0.581. The maximum absolute atomic E-state index is 11.3. The van der Waals surface area contributed by atoms with Gasteiger partial charge in [0.05, 0.1) is 6.61 Å². The molecule has 0 saturated carbocycles. The third kappa shape index (κ3) is 2.29. The van der Waals surface area contributed by atoms with Crippen molar-refractivity contribution in [1.82, 2.24) is 0 Å². The highest BCUT2D eigenvalue weighted by Crippen LogP contribution is 2.29. The minimum Gasteiger partial charge on any atom is -0.362 e. The van der Waals surface area contributed by atoms with E-state index in [4.69, 9.17) is 4.74 Å². The molecule has 0 spiro atoms. The number of hydrogen-bond donors (Lipinski definition) is 0. The molecule has 1 heterocycles. The van der Waals surface area contributed by atoms with Crippen LogP contribution in [0.4, 0.5) is 0 Å². The van der Waals surface area contributed by atoms with E-state index in [2.05, 4.69) is 13.8 Å². The van der Waals surface area contributed by atoms with Crippen LogP contribution in [0.1, 0.15) is 33.6 Å². The van der Waals surface area contributed by atoms with Crippen LogP contribution in [-0.4, -0.2) is 18.0 Å². The van der Waals surface area contributed by atoms with Crippen molar-refractivity contribution in [2.45, 2.75) is 39.2 Å². The van der Waals surface area contributed by atoms with Gasteiger partial charge in [0.25, 0.3) is 0 Å². The van der Waals surface area contributed by atoms with E-state index in [0.29, 0.717) is 18.9 Å². The highest BCUT2D eigenvalue weighted by atomic mass is 16.6. The molecule has 0 aromatic rings. The van der Waals surface area contributed by atoms with E-state index < -0.39 is 5.60 Å². The molecule has 0 aliphatic carbocycles. The van der Waals surface area contributed by atoms with Gasteiger partial charge in [0.1, 0.15) is 5.60 Å². The van der Waals surface area contributed by atoms with E-state index in [-0.39, 0.29) is 5.78 Å². The van der Waals surface area contributed by atoms with E-state index in [1.807, 2.05) is 6.92 Å². The molecule has 0 aromatic carbocycles. The number of epoxide rings is 1. The van der Waals surface area contributed by atoms with Crippen LogP contribution in [0.25, 0.3) is 0 Å². The molecule has 1 saturated heterocycles. The van der Waals surface area contributed by atoms with E-state index in [1.165, 1.54) is 0 Å². The summed E-state index contributed by atoms with van der Waals surface area (Å²) in [4.78, 5) is 11.3. The lowest BCUT2D eigenvalue weighted by molar-refractivity contribution is -0.123. The number of carbonyl (C=O) groups is 1. The highest BCUT2D eigenvalue weighted by Gasteiger charge is 2.45. The molecular weight excluding hydrogens is 140 g/mol. The van der Waals surface area contributed by atoms with Crippen LogP contribution in [0.15, 0.2) is 0 Å². The zero-order chi connectivity index (χ0) is 8.48. The number of carbonyl (C=O) groups excluding carboxylic acids is 1. The molecule has 0 N–H and O–H groups in total. The standard InChI is InChI=1S/C9H16O2/c1-7(2)4-5-8(10)9(3)6-11-9/h7H,4-6H2,1-3H3/t9-/m0/s1. The van der Waals surface area contributed by atoms with Crippen molar-refractivity contribution in [2.75, 3.05) is 6.61 Å². The molecular formula is C9H16O2. The molecule has 1 atom stereocenters. The van der Waals surface area contributed by atoms with Crippen molar-refractivity contribution >= 4 is 5.78 Å². The van der Waals surface area contributed by atoms with Gasteiger partial charge in [-0.3, -0.25) is 4.79 Å². The Morgan fingerprint density at radius 2 is 2.18 bits per heavy atom. The Bertz CT molecular complexity index is 157. The third-order valence-electron chi connectivity index (χ3n) is 2.12. The Kier molecular flexibility index (Phi) is 2.33. The summed E-state index contributed by atoms with van der Waals surface area (Å²) in [5, 5.41) is 0. The molecule has 0 radical (unpaired) electrons. The molecule has 1 fully saturated rings. The molecule has 2 nitrogen and oxygen atoms in total. The summed E-state index contributed by atoms with van der Waals surface area (Å²) in [5.41, 5.74) is -0.394. The Morgan fingerprint density at radius 3 is 2.55 bits per heavy atom. The average molecular weight is 156 g/mol. The van der Waals surface area contributed by atoms with Gasteiger partial charge in [-0.15, -0.1) is 0 Å². The fourth-order valence-electron chi connectivity index (χ4n) is 0.953. The van der Waals surface area contributed by atoms with Crippen LogP contribution < -0.4 is 0 Å². The van der Waals surface area contributed by atoms with Crippen molar-refractivity contribution in [3.63, 3.8) is 0 Å². The minimum absolute atomic E-state index is 0.270. The van der Waals surface area contributed by atoms with Crippen LogP contribution in [0.3, 0.4) is 0 Å². The lowest BCUT2D eigenvalue weighted by Crippen LogP contribution is -2.20. The third-order valence-corrected chi connectivity index (χ3v) is 2.12. The highest BCUT2D eigenvalue weighted by molar-refractivity contribution is 5.89. The van der Waals surface area contributed by atoms with Crippen LogP contribution in [0, 0.1) is 5.92 Å². The van der Waals surface area contributed by atoms with Crippen molar-refractivity contribution in [1.29, 1.82) is 0 Å². The first-order valence-corrected chi connectivity index (χ1v) is 4.22. The molecule has 1 rings (SSSR count). The summed E-state index contributed by atoms with van der Waals surface area (Å²) >= 11 is 0. The van der Waals surface area contributed by atoms with Gasteiger partial charge in [0.2, 0.25) is 0 Å². The van der Waals surface area contributed by atoms with Crippen LogP contribution >= 0.6 is 0 Å². The van der Waals surface area contributed by atoms with Gasteiger partial charge < -0.3 is 4.74 Å². The Hall–Kier alpha value is -0.370. The lowest BCUT2D eigenvalue weighted by Gasteiger charge is -2.05. The largest absolute Gasteiger partial charge is 0.362 e. The molecule has 2 heteroatoms. The zero-order valence-electron chi connectivity index (χ0n) is 7.52. The molecule has 0 unspecified atom stereocenters. The zero-order valence-corrected chi connectivity index (χ0v) is 7.52. The summed E-state index contributed by atoms with van der Waals surface area (Å²) < 4.78 is 5.04. The van der Waals surface area contributed by atoms with Gasteiger partial charge in [-0.1, -0.05) is 13.8 Å². The lowest BCUT2D eigenvalue weighted by atomic mass is 9.99. The number of Topliss-reactive ketones (excluding diaryl/α,β-unsaturated/α-hetero) is 1. The van der Waals surface area contributed by atoms with Gasteiger partial charge in [-0.25, -0.2) is 0 Å². The summed E-state index contributed by atoms with van der Waals surface area (Å²) in [7, 11) is 0. The van der Waals surface area contributed by atoms with Gasteiger partial charge in [0.15, 0.2) is 5.78 Å². The molecule has 1 aliphatic rings. The number of ketones is 1. The summed E-state index contributed by atoms with van der Waals surface area (Å²) in [6.45, 7) is 6.76. The molecule has 1 aliphatic heterocycles. The number of rotatable bonds is 4.